The third-order valence-corrected chi connectivity index (χ3v) is 3.73. The van der Waals surface area contributed by atoms with E-state index in [1.165, 1.54) is 0 Å². The van der Waals surface area contributed by atoms with Gasteiger partial charge in [-0.05, 0) is 45.0 Å². The lowest BCUT2D eigenvalue weighted by Gasteiger charge is -2.24. The number of hydrogen-bond donors (Lipinski definition) is 2. The van der Waals surface area contributed by atoms with E-state index in [1.807, 2.05) is 18.2 Å². The van der Waals surface area contributed by atoms with E-state index in [1.54, 1.807) is 0 Å². The zero-order valence-corrected chi connectivity index (χ0v) is 11.9. The summed E-state index contributed by atoms with van der Waals surface area (Å²) in [5, 5.41) is 6.23. The van der Waals surface area contributed by atoms with Crippen molar-refractivity contribution >= 4 is 17.3 Å². The van der Waals surface area contributed by atoms with Crippen LogP contribution in [-0.4, -0.2) is 32.1 Å². The summed E-state index contributed by atoms with van der Waals surface area (Å²) in [5.74, 6) is 0.223. The van der Waals surface area contributed by atoms with Gasteiger partial charge in [-0.25, -0.2) is 0 Å². The van der Waals surface area contributed by atoms with Crippen LogP contribution >= 0.6 is 0 Å². The van der Waals surface area contributed by atoms with Gasteiger partial charge in [0, 0.05) is 31.0 Å². The van der Waals surface area contributed by atoms with Crippen LogP contribution < -0.4 is 15.5 Å². The maximum absolute atomic E-state index is 12.1. The largest absolute Gasteiger partial charge is 0.372 e. The molecule has 1 aromatic carbocycles. The summed E-state index contributed by atoms with van der Waals surface area (Å²) in [6, 6.07) is 8.45. The van der Waals surface area contributed by atoms with Crippen LogP contribution in [0.25, 0.3) is 0 Å². The Kier molecular flexibility index (Phi) is 4.43. The van der Waals surface area contributed by atoms with Gasteiger partial charge in [0.1, 0.15) is 0 Å². The molecule has 1 aliphatic rings. The van der Waals surface area contributed by atoms with Crippen molar-refractivity contribution in [2.24, 2.45) is 5.92 Å². The monoisotopic (exact) mass is 261 g/mol. The molecule has 0 saturated carbocycles. The molecule has 19 heavy (non-hydrogen) atoms. The first-order valence-corrected chi connectivity index (χ1v) is 6.92. The highest BCUT2D eigenvalue weighted by molar-refractivity contribution is 5.93. The van der Waals surface area contributed by atoms with Gasteiger partial charge in [-0.15, -0.1) is 0 Å². The first-order chi connectivity index (χ1) is 9.08. The maximum Gasteiger partial charge on any atom is 0.228 e. The molecule has 1 heterocycles. The second-order valence-electron chi connectivity index (χ2n) is 5.43. The van der Waals surface area contributed by atoms with Gasteiger partial charge in [-0.3, -0.25) is 4.79 Å². The molecule has 4 nitrogen and oxygen atoms in total. The maximum atomic E-state index is 12.1. The van der Waals surface area contributed by atoms with Gasteiger partial charge in [0.15, 0.2) is 0 Å². The van der Waals surface area contributed by atoms with E-state index < -0.39 is 0 Å². The molecule has 1 fully saturated rings. The first-order valence-electron chi connectivity index (χ1n) is 6.92. The van der Waals surface area contributed by atoms with Crippen LogP contribution in [0.1, 0.15) is 20.3 Å². The Morgan fingerprint density at radius 2 is 2.26 bits per heavy atom. The summed E-state index contributed by atoms with van der Waals surface area (Å²) in [7, 11) is 2.06. The third-order valence-electron chi connectivity index (χ3n) is 3.73. The Morgan fingerprint density at radius 1 is 1.47 bits per heavy atom. The van der Waals surface area contributed by atoms with Gasteiger partial charge in [0.25, 0.3) is 0 Å². The van der Waals surface area contributed by atoms with Gasteiger partial charge in [-0.2, -0.15) is 0 Å². The Bertz CT molecular complexity index is 439. The lowest BCUT2D eigenvalue weighted by atomic mass is 10.1. The Balaban J connectivity index is 2.04. The quantitative estimate of drug-likeness (QED) is 0.872. The van der Waals surface area contributed by atoms with E-state index in [9.17, 15) is 4.79 Å². The number of hydrogen-bond acceptors (Lipinski definition) is 3. The minimum atomic E-state index is 0.103. The van der Waals surface area contributed by atoms with Crippen molar-refractivity contribution in [3.8, 4) is 0 Å². The summed E-state index contributed by atoms with van der Waals surface area (Å²) in [6.07, 6.45) is 0.928. The zero-order valence-electron chi connectivity index (χ0n) is 11.9. The van der Waals surface area contributed by atoms with Crippen molar-refractivity contribution in [3.05, 3.63) is 24.3 Å². The molecular formula is C15H23N3O. The second-order valence-corrected chi connectivity index (χ2v) is 5.43. The van der Waals surface area contributed by atoms with E-state index in [0.717, 1.165) is 30.9 Å². The average Bonchev–Trinajstić information content (AvgIpc) is 2.92. The lowest BCUT2D eigenvalue weighted by molar-refractivity contribution is -0.119. The predicted octanol–water partition coefficient (Wildman–Crippen LogP) is 2.08. The van der Waals surface area contributed by atoms with Crippen molar-refractivity contribution < 1.29 is 4.79 Å². The van der Waals surface area contributed by atoms with Gasteiger partial charge < -0.3 is 15.5 Å². The molecule has 1 unspecified atom stereocenters. The molecule has 0 aromatic heterocycles. The van der Waals surface area contributed by atoms with Crippen molar-refractivity contribution in [2.45, 2.75) is 26.3 Å². The highest BCUT2D eigenvalue weighted by Crippen LogP contribution is 2.21. The molecule has 1 aliphatic heterocycles. The van der Waals surface area contributed by atoms with Gasteiger partial charge in [0.2, 0.25) is 5.91 Å². The van der Waals surface area contributed by atoms with Gasteiger partial charge >= 0.3 is 0 Å². The van der Waals surface area contributed by atoms with Crippen LogP contribution in [0.15, 0.2) is 24.3 Å². The average molecular weight is 261 g/mol. The molecule has 1 atom stereocenters. The summed E-state index contributed by atoms with van der Waals surface area (Å²) in [6.45, 7) is 6.02. The summed E-state index contributed by atoms with van der Waals surface area (Å²) in [4.78, 5) is 14.3. The highest BCUT2D eigenvalue weighted by Gasteiger charge is 2.22. The molecule has 104 valence electrons. The van der Waals surface area contributed by atoms with Crippen molar-refractivity contribution in [3.63, 3.8) is 0 Å². The first kappa shape index (κ1) is 13.9. The number of nitrogens with zero attached hydrogens (tertiary/aromatic N) is 1. The van der Waals surface area contributed by atoms with E-state index in [2.05, 4.69) is 42.5 Å². The standard InChI is InChI=1S/C15H23N3O/c1-11(2)18(3)14-6-4-5-13(9-14)17-15(19)12-7-8-16-10-12/h4-6,9,11-12,16H,7-8,10H2,1-3H3,(H,17,19). The predicted molar refractivity (Wildman–Crippen MR) is 79.6 cm³/mol. The van der Waals surface area contributed by atoms with Gasteiger partial charge in [-0.1, -0.05) is 6.07 Å². The number of nitrogens with one attached hydrogen (secondary N) is 2. The second kappa shape index (κ2) is 6.06. The SMILES string of the molecule is CC(C)N(C)c1cccc(NC(=O)C2CCNC2)c1. The van der Waals surface area contributed by atoms with Crippen LogP contribution in [0, 0.1) is 5.92 Å². The van der Waals surface area contributed by atoms with E-state index in [4.69, 9.17) is 0 Å². The number of amides is 1. The lowest BCUT2D eigenvalue weighted by Crippen LogP contribution is -2.26. The summed E-state index contributed by atoms with van der Waals surface area (Å²) < 4.78 is 0. The van der Waals surface area contributed by atoms with Crippen LogP contribution in [-0.2, 0) is 4.79 Å². The molecule has 1 aromatic rings. The third kappa shape index (κ3) is 3.47. The molecule has 4 heteroatoms. The molecule has 0 bridgehead atoms. The number of rotatable bonds is 4. The topological polar surface area (TPSA) is 44.4 Å². The summed E-state index contributed by atoms with van der Waals surface area (Å²) >= 11 is 0. The van der Waals surface area contributed by atoms with E-state index in [0.29, 0.717) is 6.04 Å². The minimum absolute atomic E-state index is 0.103. The van der Waals surface area contributed by atoms with Crippen LogP contribution in [0.5, 0.6) is 0 Å². The van der Waals surface area contributed by atoms with Crippen molar-refractivity contribution in [2.75, 3.05) is 30.4 Å². The number of anilines is 2. The van der Waals surface area contributed by atoms with Crippen molar-refractivity contribution in [1.82, 2.24) is 5.32 Å². The van der Waals surface area contributed by atoms with Crippen LogP contribution in [0.2, 0.25) is 0 Å². The molecular weight excluding hydrogens is 238 g/mol. The molecule has 0 spiro atoms. The molecule has 2 rings (SSSR count). The van der Waals surface area contributed by atoms with Crippen molar-refractivity contribution in [1.29, 1.82) is 0 Å². The molecule has 0 aliphatic carbocycles. The molecule has 1 saturated heterocycles. The highest BCUT2D eigenvalue weighted by atomic mass is 16.1. The van der Waals surface area contributed by atoms with Crippen LogP contribution in [0.3, 0.4) is 0 Å². The molecule has 1 amide bonds. The Hall–Kier alpha value is -1.55. The van der Waals surface area contributed by atoms with Crippen LogP contribution in [0.4, 0.5) is 11.4 Å². The number of carbonyl (C=O) groups excluding carboxylic acids is 1. The van der Waals surface area contributed by atoms with E-state index >= 15 is 0 Å². The fourth-order valence-corrected chi connectivity index (χ4v) is 2.22. The normalized spacial score (nSPS) is 18.6. The fraction of sp³-hybridized carbons (Fsp3) is 0.533. The molecule has 2 N–H and O–H groups in total. The zero-order chi connectivity index (χ0) is 13.8. The Labute approximate surface area is 115 Å². The van der Waals surface area contributed by atoms with E-state index in [-0.39, 0.29) is 11.8 Å². The fourth-order valence-electron chi connectivity index (χ4n) is 2.22. The van der Waals surface area contributed by atoms with Gasteiger partial charge in [0.05, 0.1) is 5.92 Å². The molecule has 0 radical (unpaired) electrons. The minimum Gasteiger partial charge on any atom is -0.372 e. The smallest absolute Gasteiger partial charge is 0.228 e. The number of carbonyl (C=O) groups is 1. The summed E-state index contributed by atoms with van der Waals surface area (Å²) in [5.41, 5.74) is 2.00. The number of benzene rings is 1. The Morgan fingerprint density at radius 3 is 2.89 bits per heavy atom.